The van der Waals surface area contributed by atoms with Crippen LogP contribution in [0.3, 0.4) is 0 Å². The van der Waals surface area contributed by atoms with Crippen LogP contribution in [0.15, 0.2) is 35.4 Å². The highest BCUT2D eigenvalue weighted by Gasteiger charge is 1.92. The summed E-state index contributed by atoms with van der Waals surface area (Å²) in [5.74, 6) is 0. The first-order valence-electron chi connectivity index (χ1n) is 3.66. The van der Waals surface area contributed by atoms with Crippen molar-refractivity contribution in [1.29, 1.82) is 0 Å². The largest absolute Gasteiger partial charge is 0.388 e. The predicted octanol–water partition coefficient (Wildman–Crippen LogP) is 1.07. The van der Waals surface area contributed by atoms with Gasteiger partial charge in [-0.05, 0) is 25.2 Å². The maximum absolute atomic E-state index is 10.3. The Bertz CT molecular complexity index is 325. The molecule has 0 spiro atoms. The van der Waals surface area contributed by atoms with E-state index in [9.17, 15) is 8.42 Å². The molecule has 5 heteroatoms. The molecule has 0 amide bonds. The third-order valence-corrected chi connectivity index (χ3v) is 1.66. The second-order valence-corrected chi connectivity index (χ2v) is 3.52. The number of nitrogens with one attached hydrogen (secondary N) is 1. The monoisotopic (exact) mass is 203 g/mol. The lowest BCUT2D eigenvalue weighted by Gasteiger charge is -1.96. The lowest BCUT2D eigenvalue weighted by molar-refractivity contribution is 0.494. The van der Waals surface area contributed by atoms with Gasteiger partial charge in [-0.1, -0.05) is 6.08 Å². The van der Waals surface area contributed by atoms with E-state index >= 15 is 0 Å². The van der Waals surface area contributed by atoms with E-state index in [4.69, 9.17) is 4.55 Å². The normalized spacial score (nSPS) is 14.2. The quantitative estimate of drug-likeness (QED) is 0.529. The van der Waals surface area contributed by atoms with Crippen LogP contribution in [0.1, 0.15) is 6.92 Å². The minimum absolute atomic E-state index is 0.716. The van der Waals surface area contributed by atoms with Crippen molar-refractivity contribution in [2.75, 3.05) is 7.05 Å². The Morgan fingerprint density at radius 3 is 2.46 bits per heavy atom. The van der Waals surface area contributed by atoms with Crippen LogP contribution < -0.4 is 5.32 Å². The summed E-state index contributed by atoms with van der Waals surface area (Å²) >= 11 is 0. The van der Waals surface area contributed by atoms with Crippen LogP contribution in [0.2, 0.25) is 0 Å². The molecular formula is C8H13NO3S. The summed E-state index contributed by atoms with van der Waals surface area (Å²) in [7, 11) is -2.30. The molecule has 0 rings (SSSR count). The predicted molar refractivity (Wildman–Crippen MR) is 52.6 cm³/mol. The summed E-state index contributed by atoms with van der Waals surface area (Å²) in [6.07, 6.45) is 6.37. The fourth-order valence-corrected chi connectivity index (χ4v) is 0.921. The molecule has 0 atom stereocenters. The van der Waals surface area contributed by atoms with Gasteiger partial charge < -0.3 is 5.32 Å². The second-order valence-electron chi connectivity index (χ2n) is 2.22. The van der Waals surface area contributed by atoms with E-state index in [2.05, 4.69) is 5.32 Å². The Kier molecular flexibility index (Phi) is 5.10. The standard InChI is InChI=1S/C8H13NO3S/c1-3-5-8(9-2)6-4-7-13(10,11)12/h3-7,9H,1-2H3,(H,10,11,12)/b5-3-,7-4+,8-6+. The SMILES string of the molecule is C\C=C/C(=C\C=C\S(=O)(=O)O)NC. The molecule has 0 aromatic rings. The third kappa shape index (κ3) is 7.30. The van der Waals surface area contributed by atoms with Gasteiger partial charge in [0.25, 0.3) is 10.1 Å². The summed E-state index contributed by atoms with van der Waals surface area (Å²) in [4.78, 5) is 0. The van der Waals surface area contributed by atoms with Crippen molar-refractivity contribution >= 4 is 10.1 Å². The zero-order valence-corrected chi connectivity index (χ0v) is 8.38. The molecular weight excluding hydrogens is 190 g/mol. The maximum atomic E-state index is 10.3. The lowest BCUT2D eigenvalue weighted by atomic mass is 10.3. The molecule has 0 aliphatic rings. The van der Waals surface area contributed by atoms with Crippen molar-refractivity contribution < 1.29 is 13.0 Å². The van der Waals surface area contributed by atoms with Gasteiger partial charge in [-0.15, -0.1) is 0 Å². The average Bonchev–Trinajstić information content (AvgIpc) is 2.01. The first kappa shape index (κ1) is 11.9. The van der Waals surface area contributed by atoms with Crippen LogP contribution in [0.5, 0.6) is 0 Å². The Morgan fingerprint density at radius 1 is 1.46 bits per heavy atom. The first-order valence-corrected chi connectivity index (χ1v) is 5.16. The number of hydrogen-bond acceptors (Lipinski definition) is 3. The molecule has 0 saturated heterocycles. The molecule has 74 valence electrons. The van der Waals surface area contributed by atoms with Crippen molar-refractivity contribution in [3.63, 3.8) is 0 Å². The van der Waals surface area contributed by atoms with Crippen LogP contribution in [-0.4, -0.2) is 20.0 Å². The lowest BCUT2D eigenvalue weighted by Crippen LogP contribution is -2.02. The van der Waals surface area contributed by atoms with Gasteiger partial charge in [-0.25, -0.2) is 0 Å². The Balaban J connectivity index is 4.48. The number of rotatable bonds is 4. The average molecular weight is 203 g/mol. The molecule has 13 heavy (non-hydrogen) atoms. The van der Waals surface area contributed by atoms with E-state index in [1.165, 1.54) is 12.2 Å². The van der Waals surface area contributed by atoms with Crippen LogP contribution >= 0.6 is 0 Å². The van der Waals surface area contributed by atoms with Crippen molar-refractivity contribution in [1.82, 2.24) is 5.32 Å². The zero-order valence-electron chi connectivity index (χ0n) is 7.56. The summed E-state index contributed by atoms with van der Waals surface area (Å²) in [5.41, 5.74) is 0.752. The summed E-state index contributed by atoms with van der Waals surface area (Å²) in [6, 6.07) is 0. The third-order valence-electron chi connectivity index (χ3n) is 1.16. The minimum atomic E-state index is -4.02. The Labute approximate surface area is 78.4 Å². The van der Waals surface area contributed by atoms with Gasteiger partial charge in [0.05, 0.1) is 5.41 Å². The highest BCUT2D eigenvalue weighted by molar-refractivity contribution is 7.88. The van der Waals surface area contributed by atoms with Gasteiger partial charge >= 0.3 is 0 Å². The smallest absolute Gasteiger partial charge is 0.287 e. The van der Waals surface area contributed by atoms with Crippen molar-refractivity contribution in [2.45, 2.75) is 6.92 Å². The fraction of sp³-hybridized carbons (Fsp3) is 0.250. The van der Waals surface area contributed by atoms with E-state index < -0.39 is 10.1 Å². The van der Waals surface area contributed by atoms with Gasteiger partial charge in [0.15, 0.2) is 0 Å². The first-order chi connectivity index (χ1) is 5.99. The Morgan fingerprint density at radius 2 is 2.08 bits per heavy atom. The molecule has 0 bridgehead atoms. The summed E-state index contributed by atoms with van der Waals surface area (Å²) in [5, 5.41) is 3.55. The van der Waals surface area contributed by atoms with E-state index in [1.54, 1.807) is 13.1 Å². The molecule has 0 saturated carbocycles. The molecule has 0 radical (unpaired) electrons. The number of hydrogen-bond donors (Lipinski definition) is 2. The van der Waals surface area contributed by atoms with E-state index in [0.29, 0.717) is 5.41 Å². The molecule has 0 unspecified atom stereocenters. The van der Waals surface area contributed by atoms with Gasteiger partial charge in [0.2, 0.25) is 0 Å². The van der Waals surface area contributed by atoms with Gasteiger partial charge in [0.1, 0.15) is 0 Å². The molecule has 0 heterocycles. The zero-order chi connectivity index (χ0) is 10.3. The molecule has 0 aliphatic carbocycles. The van der Waals surface area contributed by atoms with Gasteiger partial charge in [-0.2, -0.15) is 8.42 Å². The van der Waals surface area contributed by atoms with Crippen LogP contribution in [0, 0.1) is 0 Å². The second kappa shape index (κ2) is 5.55. The van der Waals surface area contributed by atoms with E-state index in [-0.39, 0.29) is 0 Å². The summed E-state index contributed by atoms with van der Waals surface area (Å²) < 4.78 is 28.9. The summed E-state index contributed by atoms with van der Waals surface area (Å²) in [6.45, 7) is 1.84. The molecule has 2 N–H and O–H groups in total. The maximum Gasteiger partial charge on any atom is 0.287 e. The molecule has 4 nitrogen and oxygen atoms in total. The topological polar surface area (TPSA) is 66.4 Å². The van der Waals surface area contributed by atoms with E-state index in [0.717, 1.165) is 5.70 Å². The minimum Gasteiger partial charge on any atom is -0.388 e. The van der Waals surface area contributed by atoms with Gasteiger partial charge in [-0.3, -0.25) is 4.55 Å². The number of likely N-dealkylation sites (N-methyl/N-ethyl adjacent to an activating group) is 1. The van der Waals surface area contributed by atoms with E-state index in [1.807, 2.05) is 13.0 Å². The highest BCUT2D eigenvalue weighted by Crippen LogP contribution is 1.93. The molecule has 0 aromatic carbocycles. The van der Waals surface area contributed by atoms with Crippen LogP contribution in [-0.2, 0) is 10.1 Å². The number of allylic oxidation sites excluding steroid dienone is 4. The van der Waals surface area contributed by atoms with Crippen molar-refractivity contribution in [3.05, 3.63) is 35.4 Å². The van der Waals surface area contributed by atoms with Crippen molar-refractivity contribution in [3.8, 4) is 0 Å². The molecule has 0 aliphatic heterocycles. The molecule has 0 aromatic heterocycles. The Hall–Kier alpha value is -1.07. The van der Waals surface area contributed by atoms with Crippen molar-refractivity contribution in [2.24, 2.45) is 0 Å². The van der Waals surface area contributed by atoms with Crippen LogP contribution in [0.25, 0.3) is 0 Å². The van der Waals surface area contributed by atoms with Gasteiger partial charge in [0, 0.05) is 12.7 Å². The van der Waals surface area contributed by atoms with Crippen LogP contribution in [0.4, 0.5) is 0 Å². The molecule has 0 fully saturated rings. The fourth-order valence-electron chi connectivity index (χ4n) is 0.644. The highest BCUT2D eigenvalue weighted by atomic mass is 32.2.